The van der Waals surface area contributed by atoms with E-state index in [0.29, 0.717) is 17.1 Å². The average molecular weight is 341 g/mol. The van der Waals surface area contributed by atoms with Crippen molar-refractivity contribution in [3.8, 4) is 0 Å². The van der Waals surface area contributed by atoms with Gasteiger partial charge in [0.15, 0.2) is 5.65 Å². The van der Waals surface area contributed by atoms with Gasteiger partial charge in [0.25, 0.3) is 5.91 Å². The number of hydrogen-bond donors (Lipinski definition) is 0. The number of pyridine rings is 1. The van der Waals surface area contributed by atoms with Crippen LogP contribution >= 0.6 is 11.6 Å². The highest BCUT2D eigenvalue weighted by Gasteiger charge is 2.31. The zero-order valence-electron chi connectivity index (χ0n) is 13.3. The Bertz CT molecular complexity index is 920. The summed E-state index contributed by atoms with van der Waals surface area (Å²) in [6.45, 7) is 1.40. The number of nitrogens with zero attached hydrogens (tertiary/aromatic N) is 4. The van der Waals surface area contributed by atoms with Gasteiger partial charge in [-0.1, -0.05) is 17.7 Å². The minimum Gasteiger partial charge on any atom is -0.338 e. The van der Waals surface area contributed by atoms with Crippen molar-refractivity contribution in [3.63, 3.8) is 0 Å². The molecule has 24 heavy (non-hydrogen) atoms. The predicted octanol–water partition coefficient (Wildman–Crippen LogP) is 3.25. The third kappa shape index (κ3) is 2.55. The molecular weight excluding hydrogens is 324 g/mol. The Morgan fingerprint density at radius 3 is 2.96 bits per heavy atom. The lowest BCUT2D eigenvalue weighted by atomic mass is 10.1. The number of rotatable bonds is 2. The molecule has 122 valence electrons. The molecule has 0 spiro atoms. The number of amides is 1. The second-order valence-corrected chi connectivity index (χ2v) is 6.56. The highest BCUT2D eigenvalue weighted by Crippen LogP contribution is 2.29. The molecule has 0 aliphatic carbocycles. The third-order valence-corrected chi connectivity index (χ3v) is 4.81. The second-order valence-electron chi connectivity index (χ2n) is 6.12. The van der Waals surface area contributed by atoms with Crippen LogP contribution in [0.4, 0.5) is 0 Å². The second kappa shape index (κ2) is 5.91. The van der Waals surface area contributed by atoms with Gasteiger partial charge in [0, 0.05) is 42.8 Å². The molecule has 1 aliphatic rings. The largest absolute Gasteiger partial charge is 0.338 e. The number of halogens is 1. The van der Waals surface area contributed by atoms with Crippen LogP contribution in [0.3, 0.4) is 0 Å². The SMILES string of the molecule is Cn1c([C@@H]2CCN(C(=O)c3cccc(Cl)c3)C2)nc2cccnc21. The average Bonchev–Trinajstić information content (AvgIpc) is 3.20. The monoisotopic (exact) mass is 340 g/mol. The lowest BCUT2D eigenvalue weighted by Gasteiger charge is -2.16. The third-order valence-electron chi connectivity index (χ3n) is 4.57. The van der Waals surface area contributed by atoms with E-state index in [1.54, 1.807) is 30.5 Å². The summed E-state index contributed by atoms with van der Waals surface area (Å²) >= 11 is 6.00. The first-order chi connectivity index (χ1) is 11.6. The van der Waals surface area contributed by atoms with E-state index < -0.39 is 0 Å². The topological polar surface area (TPSA) is 51.0 Å². The molecule has 6 heteroatoms. The van der Waals surface area contributed by atoms with Gasteiger partial charge in [0.05, 0.1) is 0 Å². The van der Waals surface area contributed by atoms with Crippen LogP contribution in [0.2, 0.25) is 5.02 Å². The van der Waals surface area contributed by atoms with Crippen LogP contribution in [-0.2, 0) is 7.05 Å². The highest BCUT2D eigenvalue weighted by atomic mass is 35.5. The van der Waals surface area contributed by atoms with Crippen molar-refractivity contribution in [3.05, 3.63) is 59.0 Å². The number of likely N-dealkylation sites (tertiary alicyclic amines) is 1. The summed E-state index contributed by atoms with van der Waals surface area (Å²) < 4.78 is 2.04. The molecule has 1 amide bonds. The van der Waals surface area contributed by atoms with Gasteiger partial charge in [-0.25, -0.2) is 9.97 Å². The molecule has 0 N–H and O–H groups in total. The van der Waals surface area contributed by atoms with Gasteiger partial charge in [-0.3, -0.25) is 4.79 Å². The quantitative estimate of drug-likeness (QED) is 0.719. The molecule has 1 aliphatic heterocycles. The first kappa shape index (κ1) is 15.1. The molecule has 3 heterocycles. The number of fused-ring (bicyclic) bond motifs is 1. The number of aromatic nitrogens is 3. The Morgan fingerprint density at radius 1 is 1.29 bits per heavy atom. The fraction of sp³-hybridized carbons (Fsp3) is 0.278. The fourth-order valence-corrected chi connectivity index (χ4v) is 3.56. The fourth-order valence-electron chi connectivity index (χ4n) is 3.37. The van der Waals surface area contributed by atoms with Crippen LogP contribution in [0.1, 0.15) is 28.5 Å². The van der Waals surface area contributed by atoms with Crippen LogP contribution in [0.5, 0.6) is 0 Å². The molecule has 0 saturated carbocycles. The molecule has 4 rings (SSSR count). The van der Waals surface area contributed by atoms with Gasteiger partial charge in [0.1, 0.15) is 11.3 Å². The van der Waals surface area contributed by atoms with Crippen molar-refractivity contribution in [2.45, 2.75) is 12.3 Å². The number of carbonyl (C=O) groups is 1. The molecule has 0 radical (unpaired) electrons. The Morgan fingerprint density at radius 2 is 2.17 bits per heavy atom. The zero-order chi connectivity index (χ0) is 16.7. The van der Waals surface area contributed by atoms with E-state index in [2.05, 4.69) is 4.98 Å². The Kier molecular flexibility index (Phi) is 3.73. The summed E-state index contributed by atoms with van der Waals surface area (Å²) in [5.74, 6) is 1.24. The van der Waals surface area contributed by atoms with Crippen LogP contribution in [0, 0.1) is 0 Å². The van der Waals surface area contributed by atoms with Crippen molar-refractivity contribution in [2.24, 2.45) is 7.05 Å². The van der Waals surface area contributed by atoms with Gasteiger partial charge in [-0.2, -0.15) is 0 Å². The summed E-state index contributed by atoms with van der Waals surface area (Å²) in [7, 11) is 1.99. The van der Waals surface area contributed by atoms with Crippen molar-refractivity contribution in [2.75, 3.05) is 13.1 Å². The van der Waals surface area contributed by atoms with Crippen molar-refractivity contribution >= 4 is 28.7 Å². The molecule has 5 nitrogen and oxygen atoms in total. The predicted molar refractivity (Wildman–Crippen MR) is 93.2 cm³/mol. The maximum absolute atomic E-state index is 12.7. The van der Waals surface area contributed by atoms with Crippen molar-refractivity contribution < 1.29 is 4.79 Å². The van der Waals surface area contributed by atoms with E-state index >= 15 is 0 Å². The lowest BCUT2D eigenvalue weighted by molar-refractivity contribution is 0.0790. The number of hydrogen-bond acceptors (Lipinski definition) is 3. The summed E-state index contributed by atoms with van der Waals surface area (Å²) in [5, 5.41) is 0.582. The molecule has 1 atom stereocenters. The standard InChI is InChI=1S/C18H17ClN4O/c1-22-16(21-15-6-3-8-20-17(15)22)13-7-9-23(11-13)18(24)12-4-2-5-14(19)10-12/h2-6,8,10,13H,7,9,11H2,1H3/t13-/m1/s1. The minimum absolute atomic E-state index is 0.0249. The Labute approximate surface area is 144 Å². The van der Waals surface area contributed by atoms with E-state index in [4.69, 9.17) is 16.6 Å². The van der Waals surface area contributed by atoms with Crippen LogP contribution in [-0.4, -0.2) is 38.4 Å². The van der Waals surface area contributed by atoms with Crippen molar-refractivity contribution in [1.82, 2.24) is 19.4 Å². The molecular formula is C18H17ClN4O. The van der Waals surface area contributed by atoms with Crippen LogP contribution in [0.25, 0.3) is 11.2 Å². The summed E-state index contributed by atoms with van der Waals surface area (Å²) in [6, 6.07) is 11.0. The number of benzene rings is 1. The molecule has 3 aromatic rings. The maximum Gasteiger partial charge on any atom is 0.253 e. The normalized spacial score (nSPS) is 17.6. The minimum atomic E-state index is 0.0249. The van der Waals surface area contributed by atoms with E-state index in [0.717, 1.165) is 30.0 Å². The Hall–Kier alpha value is -2.40. The lowest BCUT2D eigenvalue weighted by Crippen LogP contribution is -2.28. The summed E-state index contributed by atoms with van der Waals surface area (Å²) in [5.41, 5.74) is 2.41. The Balaban J connectivity index is 1.57. The van der Waals surface area contributed by atoms with Gasteiger partial charge in [-0.05, 0) is 36.8 Å². The zero-order valence-corrected chi connectivity index (χ0v) is 14.1. The molecule has 1 fully saturated rings. The van der Waals surface area contributed by atoms with Gasteiger partial charge < -0.3 is 9.47 Å². The molecule has 1 saturated heterocycles. The maximum atomic E-state index is 12.7. The summed E-state index contributed by atoms with van der Waals surface area (Å²) in [4.78, 5) is 23.6. The molecule has 1 aromatic carbocycles. The smallest absolute Gasteiger partial charge is 0.253 e. The number of imidazole rings is 1. The van der Waals surface area contributed by atoms with E-state index in [1.807, 2.05) is 28.6 Å². The highest BCUT2D eigenvalue weighted by molar-refractivity contribution is 6.30. The number of aryl methyl sites for hydroxylation is 1. The van der Waals surface area contributed by atoms with Gasteiger partial charge in [-0.15, -0.1) is 0 Å². The van der Waals surface area contributed by atoms with E-state index in [-0.39, 0.29) is 11.8 Å². The van der Waals surface area contributed by atoms with E-state index in [1.165, 1.54) is 0 Å². The molecule has 0 unspecified atom stereocenters. The summed E-state index contributed by atoms with van der Waals surface area (Å²) in [6.07, 6.45) is 2.68. The van der Waals surface area contributed by atoms with E-state index in [9.17, 15) is 4.79 Å². The number of carbonyl (C=O) groups excluding carboxylic acids is 1. The first-order valence-corrected chi connectivity index (χ1v) is 8.33. The van der Waals surface area contributed by atoms with Crippen molar-refractivity contribution in [1.29, 1.82) is 0 Å². The van der Waals surface area contributed by atoms with Gasteiger partial charge >= 0.3 is 0 Å². The first-order valence-electron chi connectivity index (χ1n) is 7.95. The molecule has 2 aromatic heterocycles. The van der Waals surface area contributed by atoms with Gasteiger partial charge in [0.2, 0.25) is 0 Å². The van der Waals surface area contributed by atoms with Crippen LogP contribution < -0.4 is 0 Å². The molecule has 0 bridgehead atoms. The van der Waals surface area contributed by atoms with Crippen LogP contribution in [0.15, 0.2) is 42.6 Å².